The molecule has 0 aliphatic heterocycles. The molecule has 1 saturated carbocycles. The highest BCUT2D eigenvalue weighted by Gasteiger charge is 2.65. The maximum atomic E-state index is 11.1. The van der Waals surface area contributed by atoms with Gasteiger partial charge in [-0.15, -0.1) is 0 Å². The lowest BCUT2D eigenvalue weighted by Crippen LogP contribution is -2.76. The Morgan fingerprint density at radius 1 is 1.11 bits per heavy atom. The summed E-state index contributed by atoms with van der Waals surface area (Å²) in [6, 6.07) is 12.7. The lowest BCUT2D eigenvalue weighted by Gasteiger charge is -2.53. The first kappa shape index (κ1) is 19.3. The van der Waals surface area contributed by atoms with Crippen molar-refractivity contribution in [3.05, 3.63) is 54.1 Å². The van der Waals surface area contributed by atoms with Gasteiger partial charge in [0.2, 0.25) is 6.29 Å². The van der Waals surface area contributed by atoms with Crippen molar-refractivity contribution < 1.29 is 40.2 Å². The monoisotopic (exact) mass is 376 g/mol. The second-order valence-electron chi connectivity index (χ2n) is 6.49. The number of aliphatic hydroxyl groups is 5. The molecule has 1 aliphatic carbocycles. The maximum absolute atomic E-state index is 11.1. The molecule has 2 aromatic carbocycles. The van der Waals surface area contributed by atoms with Crippen LogP contribution in [0.3, 0.4) is 0 Å². The highest BCUT2D eigenvalue weighted by atomic mass is 16.6. The number of aliphatic hydroxyl groups excluding tert-OH is 4. The first-order chi connectivity index (χ1) is 12.8. The van der Waals surface area contributed by atoms with Crippen LogP contribution in [0.25, 0.3) is 11.1 Å². The summed E-state index contributed by atoms with van der Waals surface area (Å²) in [5.74, 6) is -1.99. The van der Waals surface area contributed by atoms with E-state index in [1.807, 2.05) is 0 Å². The van der Waals surface area contributed by atoms with Crippen LogP contribution in [0.4, 0.5) is 0 Å². The maximum Gasteiger partial charge on any atom is 0.335 e. The molecule has 1 aliphatic rings. The molecular weight excluding hydrogens is 356 g/mol. The number of ether oxygens (including phenoxy) is 1. The summed E-state index contributed by atoms with van der Waals surface area (Å²) in [6.45, 7) is -0.631. The van der Waals surface area contributed by atoms with Crippen molar-refractivity contribution in [3.8, 4) is 16.9 Å². The Bertz CT molecular complexity index is 821. The van der Waals surface area contributed by atoms with Crippen molar-refractivity contribution in [2.75, 3.05) is 6.61 Å². The van der Waals surface area contributed by atoms with E-state index in [-0.39, 0.29) is 11.3 Å². The van der Waals surface area contributed by atoms with Crippen LogP contribution in [-0.4, -0.2) is 67.3 Å². The van der Waals surface area contributed by atoms with Gasteiger partial charge in [-0.05, 0) is 35.4 Å². The van der Waals surface area contributed by atoms with Gasteiger partial charge in [-0.2, -0.15) is 0 Å². The Morgan fingerprint density at radius 3 is 2.37 bits per heavy atom. The van der Waals surface area contributed by atoms with E-state index in [1.54, 1.807) is 24.3 Å². The third kappa shape index (κ3) is 3.29. The lowest BCUT2D eigenvalue weighted by molar-refractivity contribution is -0.332. The quantitative estimate of drug-likeness (QED) is 0.381. The predicted octanol–water partition coefficient (Wildman–Crippen LogP) is -0.176. The van der Waals surface area contributed by atoms with Crippen LogP contribution in [-0.2, 0) is 0 Å². The van der Waals surface area contributed by atoms with Crippen molar-refractivity contribution in [2.45, 2.75) is 24.1 Å². The van der Waals surface area contributed by atoms with Gasteiger partial charge in [0.1, 0.15) is 11.9 Å². The number of benzene rings is 2. The van der Waals surface area contributed by atoms with Gasteiger partial charge in [0.25, 0.3) is 0 Å². The fourth-order valence-electron chi connectivity index (χ4n) is 3.23. The van der Waals surface area contributed by atoms with Crippen molar-refractivity contribution in [1.29, 1.82) is 0 Å². The van der Waals surface area contributed by atoms with Crippen LogP contribution >= 0.6 is 0 Å². The zero-order chi connectivity index (χ0) is 19.8. The van der Waals surface area contributed by atoms with Crippen molar-refractivity contribution in [1.82, 2.24) is 0 Å². The van der Waals surface area contributed by atoms with Crippen LogP contribution in [0.5, 0.6) is 5.75 Å². The third-order valence-corrected chi connectivity index (χ3v) is 4.94. The number of hydrogen-bond donors (Lipinski definition) is 6. The average molecular weight is 376 g/mol. The zero-order valence-electron chi connectivity index (χ0n) is 14.1. The van der Waals surface area contributed by atoms with Crippen molar-refractivity contribution in [2.24, 2.45) is 5.92 Å². The fraction of sp³-hybridized carbons (Fsp3) is 0.316. The Labute approximate surface area is 154 Å². The Morgan fingerprint density at radius 2 is 1.78 bits per heavy atom. The van der Waals surface area contributed by atoms with E-state index in [0.29, 0.717) is 11.1 Å². The molecule has 0 radical (unpaired) electrons. The molecule has 0 aromatic heterocycles. The van der Waals surface area contributed by atoms with E-state index in [4.69, 9.17) is 9.84 Å². The minimum atomic E-state index is -2.19. The summed E-state index contributed by atoms with van der Waals surface area (Å²) in [5.41, 5.74) is -0.648. The molecule has 0 spiro atoms. The van der Waals surface area contributed by atoms with Crippen LogP contribution in [0.1, 0.15) is 10.4 Å². The molecular formula is C19H20O8. The molecule has 6 N–H and O–H groups in total. The second kappa shape index (κ2) is 7.26. The molecule has 8 nitrogen and oxygen atoms in total. The lowest BCUT2D eigenvalue weighted by atomic mass is 9.64. The molecule has 0 amide bonds. The SMILES string of the molecule is O=C(O)c1cccc(-c2ccc(OC(O)C3(O)C(O)C(O)C3CO)cc2)c1. The number of rotatable bonds is 6. The predicted molar refractivity (Wildman–Crippen MR) is 93.0 cm³/mol. The number of hydrogen-bond acceptors (Lipinski definition) is 7. The van der Waals surface area contributed by atoms with Crippen LogP contribution in [0, 0.1) is 5.92 Å². The van der Waals surface area contributed by atoms with E-state index in [9.17, 15) is 30.3 Å². The topological polar surface area (TPSA) is 148 Å². The molecule has 8 heteroatoms. The fourth-order valence-corrected chi connectivity index (χ4v) is 3.23. The Kier molecular flexibility index (Phi) is 5.18. The summed E-state index contributed by atoms with van der Waals surface area (Å²) in [4.78, 5) is 11.1. The van der Waals surface area contributed by atoms with E-state index in [1.165, 1.54) is 24.3 Å². The van der Waals surface area contributed by atoms with E-state index < -0.39 is 42.6 Å². The standard InChI is InChI=1S/C19H20O8/c20-9-14-15(21)16(22)19(14,26)18(25)27-13-6-4-10(5-7-13)11-2-1-3-12(8-11)17(23)24/h1-8,14-16,18,20-22,25-26H,9H2,(H,23,24). The highest BCUT2D eigenvalue weighted by molar-refractivity contribution is 5.89. The van der Waals surface area contributed by atoms with Crippen molar-refractivity contribution in [3.63, 3.8) is 0 Å². The summed E-state index contributed by atoms with van der Waals surface area (Å²) in [5, 5.41) is 58.1. The molecule has 5 unspecified atom stereocenters. The van der Waals surface area contributed by atoms with Crippen molar-refractivity contribution >= 4 is 5.97 Å². The van der Waals surface area contributed by atoms with Crippen LogP contribution in [0.2, 0.25) is 0 Å². The first-order valence-electron chi connectivity index (χ1n) is 8.27. The molecule has 2 aromatic rings. The molecule has 27 heavy (non-hydrogen) atoms. The number of aromatic carboxylic acids is 1. The van der Waals surface area contributed by atoms with Gasteiger partial charge in [-0.3, -0.25) is 0 Å². The van der Waals surface area contributed by atoms with Crippen LogP contribution in [0.15, 0.2) is 48.5 Å². The third-order valence-electron chi connectivity index (χ3n) is 4.94. The van der Waals surface area contributed by atoms with Gasteiger partial charge in [-0.1, -0.05) is 24.3 Å². The Balaban J connectivity index is 1.75. The number of carboxylic acid groups (broad SMARTS) is 1. The van der Waals surface area contributed by atoms with Gasteiger partial charge >= 0.3 is 5.97 Å². The molecule has 1 fully saturated rings. The summed E-state index contributed by atoms with van der Waals surface area (Å²) in [7, 11) is 0. The van der Waals surface area contributed by atoms with Gasteiger partial charge in [-0.25, -0.2) is 4.79 Å². The van der Waals surface area contributed by atoms with E-state index in [2.05, 4.69) is 0 Å². The zero-order valence-corrected chi connectivity index (χ0v) is 14.1. The molecule has 0 bridgehead atoms. The normalized spacial score (nSPS) is 28.3. The minimum Gasteiger partial charge on any atom is -0.478 e. The highest BCUT2D eigenvalue weighted by Crippen LogP contribution is 2.42. The largest absolute Gasteiger partial charge is 0.478 e. The van der Waals surface area contributed by atoms with Gasteiger partial charge in [0.15, 0.2) is 5.60 Å². The van der Waals surface area contributed by atoms with Gasteiger partial charge < -0.3 is 35.4 Å². The smallest absolute Gasteiger partial charge is 0.335 e. The molecule has 144 valence electrons. The average Bonchev–Trinajstić information content (AvgIpc) is 2.68. The number of carbonyl (C=O) groups is 1. The minimum absolute atomic E-state index is 0.151. The summed E-state index contributed by atoms with van der Waals surface area (Å²) in [6.07, 6.45) is -4.88. The molecule has 5 atom stereocenters. The van der Waals surface area contributed by atoms with Crippen LogP contribution < -0.4 is 4.74 Å². The van der Waals surface area contributed by atoms with E-state index >= 15 is 0 Å². The van der Waals surface area contributed by atoms with E-state index in [0.717, 1.165) is 0 Å². The molecule has 0 saturated heterocycles. The Hall–Kier alpha value is -2.49. The number of carboxylic acids is 1. The summed E-state index contributed by atoms with van der Waals surface area (Å²) >= 11 is 0. The molecule has 0 heterocycles. The van der Waals surface area contributed by atoms with Gasteiger partial charge in [0, 0.05) is 5.92 Å². The second-order valence-corrected chi connectivity index (χ2v) is 6.49. The summed E-state index contributed by atoms with van der Waals surface area (Å²) < 4.78 is 5.25. The van der Waals surface area contributed by atoms with Gasteiger partial charge in [0.05, 0.1) is 18.3 Å². The first-order valence-corrected chi connectivity index (χ1v) is 8.27. The molecule has 3 rings (SSSR count).